The third kappa shape index (κ3) is 4.05. The molecule has 11 aromatic rings. The highest BCUT2D eigenvalue weighted by molar-refractivity contribution is 6.29. The number of imidazole rings is 1. The summed E-state index contributed by atoms with van der Waals surface area (Å²) in [6.07, 6.45) is 0. The van der Waals surface area contributed by atoms with Gasteiger partial charge in [-0.05, 0) is 95.7 Å². The molecule has 0 saturated carbocycles. The van der Waals surface area contributed by atoms with Crippen LogP contribution in [0.2, 0.25) is 0 Å². The maximum absolute atomic E-state index is 5.11. The van der Waals surface area contributed by atoms with Crippen LogP contribution in [0.1, 0.15) is 0 Å². The van der Waals surface area contributed by atoms with Crippen molar-refractivity contribution in [3.05, 3.63) is 182 Å². The second-order valence-corrected chi connectivity index (χ2v) is 13.2. The zero-order valence-corrected chi connectivity index (χ0v) is 27.6. The summed E-state index contributed by atoms with van der Waals surface area (Å²) >= 11 is 0. The van der Waals surface area contributed by atoms with Crippen LogP contribution in [0.25, 0.3) is 93.9 Å². The highest BCUT2D eigenvalue weighted by atomic mass is 15.1. The predicted octanol–water partition coefficient (Wildman–Crippen LogP) is 12.0. The van der Waals surface area contributed by atoms with E-state index in [1.165, 1.54) is 60.1 Å². The molecule has 0 aliphatic rings. The van der Waals surface area contributed by atoms with Gasteiger partial charge in [0.05, 0.1) is 33.1 Å². The molecule has 0 N–H and O–H groups in total. The summed E-state index contributed by atoms with van der Waals surface area (Å²) in [6, 6.07) is 65.3. The van der Waals surface area contributed by atoms with Crippen molar-refractivity contribution in [1.29, 1.82) is 0 Å². The second kappa shape index (κ2) is 10.8. The molecule has 51 heavy (non-hydrogen) atoms. The minimum atomic E-state index is 0.931. The fourth-order valence-corrected chi connectivity index (χ4v) is 8.29. The molecule has 11 rings (SSSR count). The molecule has 4 heteroatoms. The van der Waals surface area contributed by atoms with Crippen molar-refractivity contribution in [2.45, 2.75) is 0 Å². The Morgan fingerprint density at radius 3 is 1.31 bits per heavy atom. The summed E-state index contributed by atoms with van der Waals surface area (Å²) < 4.78 is 7.06. The molecule has 4 nitrogen and oxygen atoms in total. The molecule has 3 aromatic heterocycles. The number of benzene rings is 8. The van der Waals surface area contributed by atoms with Gasteiger partial charge < -0.3 is 9.13 Å². The molecule has 0 aliphatic heterocycles. The molecular weight excluding hydrogens is 621 g/mol. The summed E-state index contributed by atoms with van der Waals surface area (Å²) in [6.45, 7) is 0. The molecule has 0 fully saturated rings. The van der Waals surface area contributed by atoms with E-state index in [9.17, 15) is 0 Å². The van der Waals surface area contributed by atoms with E-state index in [0.29, 0.717) is 0 Å². The number of fused-ring (bicyclic) bond motifs is 10. The topological polar surface area (TPSA) is 27.7 Å². The van der Waals surface area contributed by atoms with Crippen molar-refractivity contribution in [3.63, 3.8) is 0 Å². The molecule has 0 bridgehead atoms. The predicted molar refractivity (Wildman–Crippen MR) is 213 cm³/mol. The van der Waals surface area contributed by atoms with Gasteiger partial charge in [0.15, 0.2) is 0 Å². The van der Waals surface area contributed by atoms with Gasteiger partial charge in [0.2, 0.25) is 0 Å². The molecule has 0 radical (unpaired) electrons. The lowest BCUT2D eigenvalue weighted by Gasteiger charge is -2.12. The molecule has 3 heterocycles. The second-order valence-electron chi connectivity index (χ2n) is 13.2. The molecule has 0 spiro atoms. The fraction of sp³-hybridized carbons (Fsp3) is 0. The van der Waals surface area contributed by atoms with E-state index in [0.717, 1.165) is 33.8 Å². The number of rotatable bonds is 4. The maximum Gasteiger partial charge on any atom is 0.145 e. The molecule has 8 aromatic carbocycles. The Hall–Kier alpha value is -6.91. The summed E-state index contributed by atoms with van der Waals surface area (Å²) in [5.74, 6) is 0.931. The minimum absolute atomic E-state index is 0.931. The Kier molecular flexibility index (Phi) is 5.92. The van der Waals surface area contributed by atoms with Crippen LogP contribution >= 0.6 is 0 Å². The fourth-order valence-electron chi connectivity index (χ4n) is 8.29. The molecule has 0 aliphatic carbocycles. The van der Waals surface area contributed by atoms with Crippen LogP contribution < -0.4 is 0 Å². The Balaban J connectivity index is 1.13. The summed E-state index contributed by atoms with van der Waals surface area (Å²) in [7, 11) is 0. The zero-order valence-electron chi connectivity index (χ0n) is 27.6. The first kappa shape index (κ1) is 28.0. The first-order valence-electron chi connectivity index (χ1n) is 17.4. The Bertz CT molecular complexity index is 3110. The van der Waals surface area contributed by atoms with Gasteiger partial charge in [-0.25, -0.2) is 4.98 Å². The van der Waals surface area contributed by atoms with Gasteiger partial charge in [-0.2, -0.15) is 0 Å². The SMILES string of the molecule is c1ccc(-n2c(-c3ccc(-n4c5ccccc5c5c6ccc7c(c6ccc54)c4ccccc4n7-c4ccccc4)cc3)nc3ccccc32)cc1. The molecule has 0 atom stereocenters. The Labute approximate surface area is 293 Å². The zero-order chi connectivity index (χ0) is 33.5. The van der Waals surface area contributed by atoms with Crippen LogP contribution in [0.3, 0.4) is 0 Å². The number of aromatic nitrogens is 4. The number of hydrogen-bond donors (Lipinski definition) is 0. The standard InChI is InChI=1S/C47H30N4/c1-3-13-32(14-4-1)49-40-20-10-7-17-37(40)45-35-28-30-44-46(36(35)27-29-43(45)49)38-18-8-11-21-41(38)50(44)34-25-23-31(24-26-34)47-48-39-19-9-12-22-42(39)51(47)33-15-5-2-6-16-33/h1-30H. The first-order valence-corrected chi connectivity index (χ1v) is 17.4. The first-order chi connectivity index (χ1) is 25.3. The van der Waals surface area contributed by atoms with Crippen molar-refractivity contribution in [1.82, 2.24) is 18.7 Å². The van der Waals surface area contributed by atoms with Crippen molar-refractivity contribution >= 4 is 65.4 Å². The van der Waals surface area contributed by atoms with Crippen molar-refractivity contribution in [2.24, 2.45) is 0 Å². The largest absolute Gasteiger partial charge is 0.309 e. The van der Waals surface area contributed by atoms with E-state index in [1.807, 2.05) is 0 Å². The molecule has 0 saturated heterocycles. The lowest BCUT2D eigenvalue weighted by Crippen LogP contribution is -1.98. The van der Waals surface area contributed by atoms with Crippen LogP contribution in [0.5, 0.6) is 0 Å². The van der Waals surface area contributed by atoms with E-state index in [2.05, 4.69) is 196 Å². The highest BCUT2D eigenvalue weighted by Crippen LogP contribution is 2.42. The third-order valence-electron chi connectivity index (χ3n) is 10.4. The normalized spacial score (nSPS) is 11.9. The quantitative estimate of drug-likeness (QED) is 0.186. The van der Waals surface area contributed by atoms with Crippen molar-refractivity contribution in [3.8, 4) is 28.5 Å². The van der Waals surface area contributed by atoms with Gasteiger partial charge in [0.1, 0.15) is 5.82 Å². The van der Waals surface area contributed by atoms with Crippen molar-refractivity contribution in [2.75, 3.05) is 0 Å². The van der Waals surface area contributed by atoms with Gasteiger partial charge >= 0.3 is 0 Å². The summed E-state index contributed by atoms with van der Waals surface area (Å²) in [4.78, 5) is 5.11. The van der Waals surface area contributed by atoms with Crippen LogP contribution in [0.4, 0.5) is 0 Å². The van der Waals surface area contributed by atoms with E-state index in [-0.39, 0.29) is 0 Å². The van der Waals surface area contributed by atoms with Gasteiger partial charge in [0, 0.05) is 44.2 Å². The van der Waals surface area contributed by atoms with E-state index >= 15 is 0 Å². The monoisotopic (exact) mass is 650 g/mol. The smallest absolute Gasteiger partial charge is 0.145 e. The maximum atomic E-state index is 5.11. The lowest BCUT2D eigenvalue weighted by atomic mass is 9.99. The minimum Gasteiger partial charge on any atom is -0.309 e. The lowest BCUT2D eigenvalue weighted by molar-refractivity contribution is 1.10. The molecule has 238 valence electrons. The average Bonchev–Trinajstić information content (AvgIpc) is 3.87. The Morgan fingerprint density at radius 1 is 0.294 bits per heavy atom. The average molecular weight is 651 g/mol. The van der Waals surface area contributed by atoms with Gasteiger partial charge in [-0.3, -0.25) is 4.57 Å². The van der Waals surface area contributed by atoms with E-state index < -0.39 is 0 Å². The van der Waals surface area contributed by atoms with Crippen molar-refractivity contribution < 1.29 is 0 Å². The molecule has 0 unspecified atom stereocenters. The van der Waals surface area contributed by atoms with Crippen LogP contribution in [0, 0.1) is 0 Å². The van der Waals surface area contributed by atoms with E-state index in [4.69, 9.17) is 4.98 Å². The van der Waals surface area contributed by atoms with E-state index in [1.54, 1.807) is 0 Å². The molecule has 0 amide bonds. The Morgan fingerprint density at radius 2 is 0.745 bits per heavy atom. The summed E-state index contributed by atoms with van der Waals surface area (Å²) in [5, 5.41) is 7.61. The van der Waals surface area contributed by atoms with Crippen LogP contribution in [-0.4, -0.2) is 18.7 Å². The number of para-hydroxylation sites is 6. The number of hydrogen-bond acceptors (Lipinski definition) is 1. The highest BCUT2D eigenvalue weighted by Gasteiger charge is 2.20. The van der Waals surface area contributed by atoms with Crippen LogP contribution in [0.15, 0.2) is 182 Å². The molecular formula is C47H30N4. The van der Waals surface area contributed by atoms with Gasteiger partial charge in [-0.15, -0.1) is 0 Å². The summed E-state index contributed by atoms with van der Waals surface area (Å²) in [5.41, 5.74) is 11.4. The van der Waals surface area contributed by atoms with Crippen LogP contribution in [-0.2, 0) is 0 Å². The third-order valence-corrected chi connectivity index (χ3v) is 10.4. The van der Waals surface area contributed by atoms with Gasteiger partial charge in [0.25, 0.3) is 0 Å². The number of nitrogens with zero attached hydrogens (tertiary/aromatic N) is 4. The van der Waals surface area contributed by atoms with Gasteiger partial charge in [-0.1, -0.05) is 97.1 Å².